The van der Waals surface area contributed by atoms with E-state index in [-0.39, 0.29) is 18.0 Å². The lowest BCUT2D eigenvalue weighted by Crippen LogP contribution is -2.29. The number of benzene rings is 1. The predicted octanol–water partition coefficient (Wildman–Crippen LogP) is 2.24. The molecule has 2 N–H and O–H groups in total. The summed E-state index contributed by atoms with van der Waals surface area (Å²) >= 11 is 0. The molecular formula is C16H25FN2O. The third-order valence-corrected chi connectivity index (χ3v) is 4.03. The van der Waals surface area contributed by atoms with Crippen molar-refractivity contribution in [3.63, 3.8) is 0 Å². The molecule has 1 aliphatic heterocycles. The van der Waals surface area contributed by atoms with E-state index < -0.39 is 0 Å². The van der Waals surface area contributed by atoms with Crippen molar-refractivity contribution in [2.24, 2.45) is 0 Å². The maximum atomic E-state index is 13.7. The minimum Gasteiger partial charge on any atom is -0.392 e. The van der Waals surface area contributed by atoms with Gasteiger partial charge in [0.05, 0.1) is 6.10 Å². The number of aryl methyl sites for hydroxylation is 1. The standard InChI is InChI=1S/C16H25FN2O/c1-3-18-16(7-9-19-8-6-14(20)11-19)13-5-4-12(2)15(17)10-13/h4-5,10,14,16,18,20H,3,6-9,11H2,1-2H3. The topological polar surface area (TPSA) is 35.5 Å². The largest absolute Gasteiger partial charge is 0.392 e. The molecule has 112 valence electrons. The zero-order chi connectivity index (χ0) is 14.5. The molecule has 4 heteroatoms. The molecule has 2 unspecified atom stereocenters. The number of nitrogens with zero attached hydrogens (tertiary/aromatic N) is 1. The second-order valence-corrected chi connectivity index (χ2v) is 5.65. The molecule has 0 aromatic heterocycles. The van der Waals surface area contributed by atoms with Gasteiger partial charge in [-0.25, -0.2) is 4.39 Å². The molecule has 1 heterocycles. The first-order valence-electron chi connectivity index (χ1n) is 7.50. The molecule has 0 amide bonds. The van der Waals surface area contributed by atoms with Gasteiger partial charge in [-0.3, -0.25) is 0 Å². The zero-order valence-corrected chi connectivity index (χ0v) is 12.4. The van der Waals surface area contributed by atoms with Crippen LogP contribution in [0.3, 0.4) is 0 Å². The number of β-amino-alcohol motifs (C(OH)–C–C–N with tert-alkyl or cyclic N) is 1. The second-order valence-electron chi connectivity index (χ2n) is 5.65. The fourth-order valence-electron chi connectivity index (χ4n) is 2.79. The number of hydrogen-bond acceptors (Lipinski definition) is 3. The summed E-state index contributed by atoms with van der Waals surface area (Å²) in [6.45, 7) is 7.38. The average Bonchev–Trinajstić information content (AvgIpc) is 2.84. The van der Waals surface area contributed by atoms with E-state index in [9.17, 15) is 9.50 Å². The van der Waals surface area contributed by atoms with Crippen molar-refractivity contribution >= 4 is 0 Å². The SMILES string of the molecule is CCNC(CCN1CCC(O)C1)c1ccc(C)c(F)c1. The number of likely N-dealkylation sites (tertiary alicyclic amines) is 1. The van der Waals surface area contributed by atoms with Gasteiger partial charge < -0.3 is 15.3 Å². The van der Waals surface area contributed by atoms with E-state index in [1.165, 1.54) is 0 Å². The van der Waals surface area contributed by atoms with E-state index in [0.29, 0.717) is 5.56 Å². The molecule has 0 radical (unpaired) electrons. The van der Waals surface area contributed by atoms with Crippen molar-refractivity contribution in [3.05, 3.63) is 35.1 Å². The maximum absolute atomic E-state index is 13.7. The van der Waals surface area contributed by atoms with Gasteiger partial charge in [0, 0.05) is 25.7 Å². The number of rotatable bonds is 6. The molecular weight excluding hydrogens is 255 g/mol. The molecule has 0 spiro atoms. The average molecular weight is 280 g/mol. The summed E-state index contributed by atoms with van der Waals surface area (Å²) in [5.41, 5.74) is 1.70. The van der Waals surface area contributed by atoms with E-state index in [1.807, 2.05) is 12.1 Å². The van der Waals surface area contributed by atoms with Crippen molar-refractivity contribution in [1.29, 1.82) is 0 Å². The van der Waals surface area contributed by atoms with Crippen molar-refractivity contribution < 1.29 is 9.50 Å². The van der Waals surface area contributed by atoms with E-state index in [4.69, 9.17) is 0 Å². The van der Waals surface area contributed by atoms with E-state index in [2.05, 4.69) is 17.1 Å². The smallest absolute Gasteiger partial charge is 0.126 e. The Morgan fingerprint density at radius 1 is 1.50 bits per heavy atom. The van der Waals surface area contributed by atoms with Crippen molar-refractivity contribution in [1.82, 2.24) is 10.2 Å². The van der Waals surface area contributed by atoms with Crippen LogP contribution in [-0.2, 0) is 0 Å². The Morgan fingerprint density at radius 3 is 2.90 bits per heavy atom. The summed E-state index contributed by atoms with van der Waals surface area (Å²) in [6.07, 6.45) is 1.62. The highest BCUT2D eigenvalue weighted by Crippen LogP contribution is 2.21. The third kappa shape index (κ3) is 4.01. The lowest BCUT2D eigenvalue weighted by atomic mass is 10.0. The Kier molecular flexibility index (Phi) is 5.52. The molecule has 2 atom stereocenters. The molecule has 1 aromatic carbocycles. The number of halogens is 1. The van der Waals surface area contributed by atoms with Crippen LogP contribution in [0, 0.1) is 12.7 Å². The van der Waals surface area contributed by atoms with Crippen LogP contribution in [0.4, 0.5) is 4.39 Å². The van der Waals surface area contributed by atoms with Gasteiger partial charge >= 0.3 is 0 Å². The molecule has 0 saturated carbocycles. The highest BCUT2D eigenvalue weighted by molar-refractivity contribution is 5.25. The Bertz CT molecular complexity index is 438. The first-order chi connectivity index (χ1) is 9.60. The van der Waals surface area contributed by atoms with Gasteiger partial charge in [0.1, 0.15) is 5.82 Å². The lowest BCUT2D eigenvalue weighted by molar-refractivity contribution is 0.174. The minimum atomic E-state index is -0.176. The molecule has 1 fully saturated rings. The van der Waals surface area contributed by atoms with Crippen LogP contribution in [0.25, 0.3) is 0 Å². The number of aliphatic hydroxyl groups excluding tert-OH is 1. The highest BCUT2D eigenvalue weighted by Gasteiger charge is 2.21. The summed E-state index contributed by atoms with van der Waals surface area (Å²) in [4.78, 5) is 2.28. The van der Waals surface area contributed by atoms with E-state index >= 15 is 0 Å². The molecule has 1 aromatic rings. The molecule has 0 bridgehead atoms. The Morgan fingerprint density at radius 2 is 2.30 bits per heavy atom. The highest BCUT2D eigenvalue weighted by atomic mass is 19.1. The van der Waals surface area contributed by atoms with Gasteiger partial charge in [0.2, 0.25) is 0 Å². The second kappa shape index (κ2) is 7.16. The molecule has 3 nitrogen and oxygen atoms in total. The lowest BCUT2D eigenvalue weighted by Gasteiger charge is -2.22. The molecule has 20 heavy (non-hydrogen) atoms. The summed E-state index contributed by atoms with van der Waals surface area (Å²) in [6, 6.07) is 5.66. The zero-order valence-electron chi connectivity index (χ0n) is 12.4. The van der Waals surface area contributed by atoms with Crippen LogP contribution >= 0.6 is 0 Å². The van der Waals surface area contributed by atoms with Gasteiger partial charge in [-0.1, -0.05) is 19.1 Å². The molecule has 2 rings (SSSR count). The first-order valence-corrected chi connectivity index (χ1v) is 7.50. The van der Waals surface area contributed by atoms with Crippen molar-refractivity contribution in [2.45, 2.75) is 38.8 Å². The predicted molar refractivity (Wildman–Crippen MR) is 79.2 cm³/mol. The molecule has 0 aliphatic carbocycles. The van der Waals surface area contributed by atoms with Gasteiger partial charge in [0.25, 0.3) is 0 Å². The summed E-state index contributed by atoms with van der Waals surface area (Å²) in [7, 11) is 0. The van der Waals surface area contributed by atoms with Crippen LogP contribution in [0.1, 0.15) is 36.9 Å². The fraction of sp³-hybridized carbons (Fsp3) is 0.625. The Labute approximate surface area is 120 Å². The summed E-state index contributed by atoms with van der Waals surface area (Å²) in [5, 5.41) is 13.0. The van der Waals surface area contributed by atoms with Crippen molar-refractivity contribution in [2.75, 3.05) is 26.2 Å². The van der Waals surface area contributed by atoms with Gasteiger partial charge in [0.15, 0.2) is 0 Å². The number of hydrogen-bond donors (Lipinski definition) is 2. The van der Waals surface area contributed by atoms with Crippen molar-refractivity contribution in [3.8, 4) is 0 Å². The Balaban J connectivity index is 1.97. The summed E-state index contributed by atoms with van der Waals surface area (Å²) in [5.74, 6) is -0.137. The van der Waals surface area contributed by atoms with Gasteiger partial charge in [-0.2, -0.15) is 0 Å². The quantitative estimate of drug-likeness (QED) is 0.839. The fourth-order valence-corrected chi connectivity index (χ4v) is 2.79. The first kappa shape index (κ1) is 15.4. The van der Waals surface area contributed by atoms with Crippen LogP contribution in [0.15, 0.2) is 18.2 Å². The van der Waals surface area contributed by atoms with Crippen LogP contribution in [-0.4, -0.2) is 42.3 Å². The minimum absolute atomic E-state index is 0.137. The Hall–Kier alpha value is -0.970. The van der Waals surface area contributed by atoms with Crippen LogP contribution in [0.5, 0.6) is 0 Å². The van der Waals surface area contributed by atoms with E-state index in [1.54, 1.807) is 13.0 Å². The summed E-state index contributed by atoms with van der Waals surface area (Å²) < 4.78 is 13.7. The number of nitrogens with one attached hydrogen (secondary N) is 1. The normalized spacial score (nSPS) is 21.3. The van der Waals surface area contributed by atoms with Crippen LogP contribution in [0.2, 0.25) is 0 Å². The number of aliphatic hydroxyl groups is 1. The monoisotopic (exact) mass is 280 g/mol. The van der Waals surface area contributed by atoms with Gasteiger partial charge in [-0.15, -0.1) is 0 Å². The third-order valence-electron chi connectivity index (χ3n) is 4.03. The molecule has 1 saturated heterocycles. The molecule has 1 aliphatic rings. The van der Waals surface area contributed by atoms with E-state index in [0.717, 1.165) is 44.6 Å². The van der Waals surface area contributed by atoms with Gasteiger partial charge in [-0.05, 0) is 43.5 Å². The van der Waals surface area contributed by atoms with Crippen LogP contribution < -0.4 is 5.32 Å². The maximum Gasteiger partial charge on any atom is 0.126 e.